The van der Waals surface area contributed by atoms with Crippen molar-refractivity contribution < 1.29 is 23.4 Å². The van der Waals surface area contributed by atoms with Crippen LogP contribution in [0.2, 0.25) is 0 Å². The summed E-state index contributed by atoms with van der Waals surface area (Å²) in [5, 5.41) is 19.2. The minimum absolute atomic E-state index is 0.218. The first kappa shape index (κ1) is 18.6. The summed E-state index contributed by atoms with van der Waals surface area (Å²) in [4.78, 5) is 8.67. The number of anilines is 1. The number of aryl methyl sites for hydroxylation is 1. The Morgan fingerprint density at radius 2 is 1.96 bits per heavy atom. The molecule has 1 aliphatic rings. The molecule has 26 heavy (non-hydrogen) atoms. The number of benzene rings is 1. The number of aliphatic hydroxyl groups is 2. The first-order chi connectivity index (χ1) is 12.2. The van der Waals surface area contributed by atoms with Crippen LogP contribution < -0.4 is 5.73 Å². The molecule has 1 aromatic carbocycles. The van der Waals surface area contributed by atoms with E-state index >= 15 is 0 Å². The van der Waals surface area contributed by atoms with E-state index < -0.39 is 23.9 Å². The van der Waals surface area contributed by atoms with E-state index in [0.29, 0.717) is 28.3 Å². The largest absolute Gasteiger partial charge is 0.423 e. The Morgan fingerprint density at radius 1 is 1.27 bits per heavy atom. The maximum absolute atomic E-state index is 13.2. The number of halogens is 3. The van der Waals surface area contributed by atoms with Crippen LogP contribution in [0.15, 0.2) is 24.4 Å². The van der Waals surface area contributed by atoms with Crippen LogP contribution in [0.1, 0.15) is 42.0 Å². The van der Waals surface area contributed by atoms with Crippen molar-refractivity contribution in [2.75, 3.05) is 12.3 Å². The first-order valence-electron chi connectivity index (χ1n) is 8.31. The molecular weight excluding hydrogens is 347 g/mol. The molecule has 0 radical (unpaired) electrons. The lowest BCUT2D eigenvalue weighted by Crippen LogP contribution is -2.45. The molecule has 1 aromatic heterocycles. The number of rotatable bonds is 4. The van der Waals surface area contributed by atoms with Gasteiger partial charge >= 0.3 is 6.18 Å². The number of aromatic nitrogens is 2. The second-order valence-corrected chi connectivity index (χ2v) is 6.70. The molecule has 2 aromatic rings. The molecule has 0 aliphatic heterocycles. The molecule has 4 N–H and O–H groups in total. The monoisotopic (exact) mass is 367 g/mol. The number of aliphatic hydroxyl groups excluding tert-OH is 1. The van der Waals surface area contributed by atoms with Crippen molar-refractivity contribution in [1.29, 1.82) is 0 Å². The van der Waals surface area contributed by atoms with Gasteiger partial charge in [0.25, 0.3) is 0 Å². The first-order valence-corrected chi connectivity index (χ1v) is 8.31. The Balaban J connectivity index is 2.09. The van der Waals surface area contributed by atoms with Gasteiger partial charge in [-0.25, -0.2) is 9.97 Å². The maximum Gasteiger partial charge on any atom is 0.423 e. The van der Waals surface area contributed by atoms with Gasteiger partial charge in [0, 0.05) is 11.5 Å². The van der Waals surface area contributed by atoms with Crippen molar-refractivity contribution in [2.45, 2.75) is 43.9 Å². The van der Waals surface area contributed by atoms with Gasteiger partial charge in [-0.3, -0.25) is 0 Å². The highest BCUT2D eigenvalue weighted by atomic mass is 19.4. The Kier molecular flexibility index (Phi) is 4.66. The standard InChI is InChI=1S/C18H20F3N3O2/c1-10-5-6-12(17(26,9-25)18(19,20)21)7-13(10)14-8-23-16(22)15(24-14)11-3-2-4-11/h5-8,11,25-26H,2-4,9H2,1H3,(H2,22,23). The van der Waals surface area contributed by atoms with E-state index in [0.717, 1.165) is 25.3 Å². The van der Waals surface area contributed by atoms with E-state index in [9.17, 15) is 23.4 Å². The minimum Gasteiger partial charge on any atom is -0.393 e. The number of hydrogen-bond donors (Lipinski definition) is 3. The third-order valence-electron chi connectivity index (χ3n) is 5.01. The van der Waals surface area contributed by atoms with Gasteiger partial charge in [0.1, 0.15) is 5.82 Å². The molecule has 0 bridgehead atoms. The fourth-order valence-electron chi connectivity index (χ4n) is 3.02. The van der Waals surface area contributed by atoms with Crippen LogP contribution in [0.5, 0.6) is 0 Å². The minimum atomic E-state index is -5.02. The van der Waals surface area contributed by atoms with Gasteiger partial charge in [0.05, 0.1) is 24.2 Å². The van der Waals surface area contributed by atoms with Gasteiger partial charge in [-0.15, -0.1) is 0 Å². The average molecular weight is 367 g/mol. The molecule has 1 heterocycles. The Bertz CT molecular complexity index is 822. The molecule has 1 fully saturated rings. The molecule has 1 atom stereocenters. The van der Waals surface area contributed by atoms with E-state index in [1.54, 1.807) is 6.92 Å². The Morgan fingerprint density at radius 3 is 2.50 bits per heavy atom. The Labute approximate surface area is 148 Å². The van der Waals surface area contributed by atoms with Crippen LogP contribution in [0.25, 0.3) is 11.3 Å². The molecule has 8 heteroatoms. The second kappa shape index (κ2) is 6.51. The molecule has 140 valence electrons. The molecule has 5 nitrogen and oxygen atoms in total. The number of nitrogens with two attached hydrogens (primary N) is 1. The van der Waals surface area contributed by atoms with Crippen molar-refractivity contribution in [3.05, 3.63) is 41.2 Å². The van der Waals surface area contributed by atoms with E-state index in [4.69, 9.17) is 5.73 Å². The summed E-state index contributed by atoms with van der Waals surface area (Å²) >= 11 is 0. The third kappa shape index (κ3) is 3.03. The zero-order valence-corrected chi connectivity index (χ0v) is 14.2. The van der Waals surface area contributed by atoms with Crippen molar-refractivity contribution in [3.63, 3.8) is 0 Å². The topological polar surface area (TPSA) is 92.3 Å². The summed E-state index contributed by atoms with van der Waals surface area (Å²) in [5.41, 5.74) is 4.25. The highest BCUT2D eigenvalue weighted by Crippen LogP contribution is 2.41. The highest BCUT2D eigenvalue weighted by molar-refractivity contribution is 5.65. The van der Waals surface area contributed by atoms with E-state index in [2.05, 4.69) is 9.97 Å². The molecule has 0 amide bonds. The Hall–Kier alpha value is -2.19. The SMILES string of the molecule is Cc1ccc(C(O)(CO)C(F)(F)F)cc1-c1cnc(N)c(C2CCC2)n1. The number of hydrogen-bond acceptors (Lipinski definition) is 5. The summed E-state index contributed by atoms with van der Waals surface area (Å²) < 4.78 is 39.7. The van der Waals surface area contributed by atoms with Gasteiger partial charge in [0.2, 0.25) is 5.60 Å². The van der Waals surface area contributed by atoms with Crippen LogP contribution in [0.3, 0.4) is 0 Å². The quantitative estimate of drug-likeness (QED) is 0.772. The van der Waals surface area contributed by atoms with Crippen LogP contribution in [0.4, 0.5) is 19.0 Å². The summed E-state index contributed by atoms with van der Waals surface area (Å²) in [6.07, 6.45) is -0.605. The smallest absolute Gasteiger partial charge is 0.393 e. The lowest BCUT2D eigenvalue weighted by Gasteiger charge is -2.29. The summed E-state index contributed by atoms with van der Waals surface area (Å²) in [6, 6.07) is 3.81. The lowest BCUT2D eigenvalue weighted by molar-refractivity contribution is -0.277. The number of nitrogens with zero attached hydrogens (tertiary/aromatic N) is 2. The fraction of sp³-hybridized carbons (Fsp3) is 0.444. The second-order valence-electron chi connectivity index (χ2n) is 6.70. The van der Waals surface area contributed by atoms with E-state index in [-0.39, 0.29) is 5.92 Å². The average Bonchev–Trinajstić information content (AvgIpc) is 2.54. The molecular formula is C18H20F3N3O2. The van der Waals surface area contributed by atoms with Gasteiger partial charge in [-0.05, 0) is 37.0 Å². The highest BCUT2D eigenvalue weighted by Gasteiger charge is 2.54. The lowest BCUT2D eigenvalue weighted by atomic mass is 9.82. The molecule has 0 spiro atoms. The van der Waals surface area contributed by atoms with Crippen LogP contribution >= 0.6 is 0 Å². The molecule has 1 unspecified atom stereocenters. The summed E-state index contributed by atoms with van der Waals surface area (Å²) in [5.74, 6) is 0.546. The van der Waals surface area contributed by atoms with Gasteiger partial charge in [-0.1, -0.05) is 18.6 Å². The zero-order chi connectivity index (χ0) is 19.1. The van der Waals surface area contributed by atoms with E-state index in [1.165, 1.54) is 18.3 Å². The number of nitrogen functional groups attached to an aromatic ring is 1. The van der Waals surface area contributed by atoms with Gasteiger partial charge < -0.3 is 15.9 Å². The predicted molar refractivity (Wildman–Crippen MR) is 90.2 cm³/mol. The molecule has 0 saturated heterocycles. The van der Waals surface area contributed by atoms with Gasteiger partial charge in [0.15, 0.2) is 0 Å². The summed E-state index contributed by atoms with van der Waals surface area (Å²) in [7, 11) is 0. The van der Waals surface area contributed by atoms with Crippen LogP contribution in [-0.2, 0) is 5.60 Å². The van der Waals surface area contributed by atoms with Crippen LogP contribution in [0, 0.1) is 6.92 Å². The molecule has 1 saturated carbocycles. The van der Waals surface area contributed by atoms with Crippen LogP contribution in [-0.4, -0.2) is 33.0 Å². The molecule has 3 rings (SSSR count). The van der Waals surface area contributed by atoms with Crippen molar-refractivity contribution in [1.82, 2.24) is 9.97 Å². The van der Waals surface area contributed by atoms with Crippen molar-refractivity contribution in [3.8, 4) is 11.3 Å². The normalized spacial score (nSPS) is 17.6. The fourth-order valence-corrected chi connectivity index (χ4v) is 3.02. The summed E-state index contributed by atoms with van der Waals surface area (Å²) in [6.45, 7) is 0.255. The molecule has 1 aliphatic carbocycles. The maximum atomic E-state index is 13.2. The predicted octanol–water partition coefficient (Wildman–Crippen LogP) is 3.04. The van der Waals surface area contributed by atoms with Gasteiger partial charge in [-0.2, -0.15) is 13.2 Å². The van der Waals surface area contributed by atoms with E-state index in [1.807, 2.05) is 0 Å². The zero-order valence-electron chi connectivity index (χ0n) is 14.2. The third-order valence-corrected chi connectivity index (χ3v) is 5.01. The van der Waals surface area contributed by atoms with Crippen molar-refractivity contribution >= 4 is 5.82 Å². The number of alkyl halides is 3. The van der Waals surface area contributed by atoms with Crippen molar-refractivity contribution in [2.24, 2.45) is 0 Å².